The lowest BCUT2D eigenvalue weighted by Gasteiger charge is -2.24. The predicted molar refractivity (Wildman–Crippen MR) is 145 cm³/mol. The first kappa shape index (κ1) is 28.0. The minimum atomic E-state index is -0.917. The van der Waals surface area contributed by atoms with Crippen LogP contribution in [0.1, 0.15) is 31.2 Å². The Morgan fingerprint density at radius 2 is 1.73 bits per heavy atom. The first-order valence-electron chi connectivity index (χ1n) is 12.6. The summed E-state index contributed by atoms with van der Waals surface area (Å²) < 4.78 is 4.84. The summed E-state index contributed by atoms with van der Waals surface area (Å²) in [5.74, 6) is -0.871. The third kappa shape index (κ3) is 8.49. The fourth-order valence-corrected chi connectivity index (χ4v) is 4.21. The lowest BCUT2D eigenvalue weighted by molar-refractivity contribution is -0.139. The van der Waals surface area contributed by atoms with Crippen LogP contribution in [0.2, 0.25) is 0 Å². The van der Waals surface area contributed by atoms with Crippen molar-refractivity contribution < 1.29 is 24.2 Å². The van der Waals surface area contributed by atoms with Crippen molar-refractivity contribution in [2.24, 2.45) is 5.92 Å². The van der Waals surface area contributed by atoms with Crippen LogP contribution in [-0.4, -0.2) is 80.8 Å². The Labute approximate surface area is 219 Å². The van der Waals surface area contributed by atoms with E-state index in [2.05, 4.69) is 15.1 Å². The van der Waals surface area contributed by atoms with Crippen LogP contribution in [0.25, 0.3) is 11.1 Å². The Hall–Kier alpha value is -3.59. The van der Waals surface area contributed by atoms with Crippen molar-refractivity contribution in [1.29, 1.82) is 0 Å². The fraction of sp³-hybridized carbons (Fsp3) is 0.464. The first-order chi connectivity index (χ1) is 17.7. The number of carboxylic acids is 1. The van der Waals surface area contributed by atoms with Crippen molar-refractivity contribution in [3.63, 3.8) is 0 Å². The molecule has 1 fully saturated rings. The number of rotatable bonds is 13. The molecule has 0 saturated heterocycles. The van der Waals surface area contributed by atoms with E-state index in [1.54, 1.807) is 4.90 Å². The van der Waals surface area contributed by atoms with Gasteiger partial charge in [0.05, 0.1) is 24.9 Å². The minimum absolute atomic E-state index is 0.0196. The molecule has 2 N–H and O–H groups in total. The summed E-state index contributed by atoms with van der Waals surface area (Å²) in [4.78, 5) is 41.8. The van der Waals surface area contributed by atoms with Crippen molar-refractivity contribution in [1.82, 2.24) is 9.80 Å². The number of hydrogen-bond acceptors (Lipinski definition) is 6. The largest absolute Gasteiger partial charge is 0.481 e. The number of aliphatic carboxylic acids is 1. The van der Waals surface area contributed by atoms with Crippen LogP contribution in [0.5, 0.6) is 0 Å². The summed E-state index contributed by atoms with van der Waals surface area (Å²) in [7, 11) is 7.42. The third-order valence-electron chi connectivity index (χ3n) is 6.40. The maximum Gasteiger partial charge on any atom is 0.411 e. The molecule has 1 aliphatic carbocycles. The van der Waals surface area contributed by atoms with Crippen molar-refractivity contribution >= 4 is 29.3 Å². The van der Waals surface area contributed by atoms with Gasteiger partial charge >= 0.3 is 12.1 Å². The van der Waals surface area contributed by atoms with Crippen LogP contribution in [0.3, 0.4) is 0 Å². The zero-order valence-corrected chi connectivity index (χ0v) is 22.2. The second-order valence-electron chi connectivity index (χ2n) is 9.81. The van der Waals surface area contributed by atoms with E-state index < -0.39 is 12.1 Å². The SMILES string of the molecule is COC(=O)Nc1cc(-c2cccc(CN(CCC(=O)O)C(=O)C3CC3)c2)ccc1N(C)CCCN(C)C. The molecule has 0 aliphatic heterocycles. The topological polar surface area (TPSA) is 102 Å². The Morgan fingerprint density at radius 3 is 2.38 bits per heavy atom. The predicted octanol–water partition coefficient (Wildman–Crippen LogP) is 4.13. The van der Waals surface area contributed by atoms with Gasteiger partial charge in [0, 0.05) is 32.6 Å². The van der Waals surface area contributed by atoms with Gasteiger partial charge in [-0.3, -0.25) is 14.9 Å². The normalized spacial score (nSPS) is 12.8. The quantitative estimate of drug-likeness (QED) is 0.418. The highest BCUT2D eigenvalue weighted by atomic mass is 16.5. The molecular formula is C28H38N4O5. The van der Waals surface area contributed by atoms with E-state index in [-0.39, 0.29) is 24.8 Å². The molecule has 0 heterocycles. The summed E-state index contributed by atoms with van der Waals surface area (Å²) in [6.07, 6.45) is 2.09. The number of methoxy groups -OCH3 is 1. The minimum Gasteiger partial charge on any atom is -0.481 e. The number of amides is 2. The van der Waals surface area contributed by atoms with Gasteiger partial charge in [-0.2, -0.15) is 0 Å². The smallest absolute Gasteiger partial charge is 0.411 e. The Morgan fingerprint density at radius 1 is 1.00 bits per heavy atom. The highest BCUT2D eigenvalue weighted by Gasteiger charge is 2.33. The van der Waals surface area contributed by atoms with Gasteiger partial charge in [-0.25, -0.2) is 4.79 Å². The molecule has 9 heteroatoms. The molecule has 0 aromatic heterocycles. The number of carbonyl (C=O) groups excluding carboxylic acids is 2. The van der Waals surface area contributed by atoms with Gasteiger partial charge in [0.15, 0.2) is 0 Å². The molecule has 0 unspecified atom stereocenters. The summed E-state index contributed by atoms with van der Waals surface area (Å²) in [6.45, 7) is 2.33. The number of carboxylic acid groups (broad SMARTS) is 1. The van der Waals surface area contributed by atoms with Crippen LogP contribution in [0.15, 0.2) is 42.5 Å². The molecule has 1 saturated carbocycles. The van der Waals surface area contributed by atoms with Crippen LogP contribution in [0.4, 0.5) is 16.2 Å². The average Bonchev–Trinajstić information content (AvgIpc) is 3.71. The number of nitrogens with zero attached hydrogens (tertiary/aromatic N) is 3. The third-order valence-corrected chi connectivity index (χ3v) is 6.40. The summed E-state index contributed by atoms with van der Waals surface area (Å²) >= 11 is 0. The van der Waals surface area contributed by atoms with Crippen LogP contribution in [0, 0.1) is 5.92 Å². The zero-order chi connectivity index (χ0) is 26.9. The highest BCUT2D eigenvalue weighted by molar-refractivity contribution is 5.91. The number of nitrogens with one attached hydrogen (secondary N) is 1. The van der Waals surface area contributed by atoms with Gasteiger partial charge in [0.2, 0.25) is 5.91 Å². The van der Waals surface area contributed by atoms with E-state index in [1.165, 1.54) is 7.11 Å². The van der Waals surface area contributed by atoms with E-state index in [0.29, 0.717) is 12.2 Å². The Balaban J connectivity index is 1.83. The van der Waals surface area contributed by atoms with Gasteiger partial charge in [0.25, 0.3) is 0 Å². The fourth-order valence-electron chi connectivity index (χ4n) is 4.21. The number of carbonyl (C=O) groups is 3. The number of benzene rings is 2. The summed E-state index contributed by atoms with van der Waals surface area (Å²) in [5, 5.41) is 12.0. The second-order valence-corrected chi connectivity index (χ2v) is 9.81. The van der Waals surface area contributed by atoms with E-state index in [9.17, 15) is 14.4 Å². The first-order valence-corrected chi connectivity index (χ1v) is 12.6. The van der Waals surface area contributed by atoms with Crippen molar-refractivity contribution in [2.75, 3.05) is 58.1 Å². The van der Waals surface area contributed by atoms with Gasteiger partial charge in [-0.15, -0.1) is 0 Å². The molecule has 0 bridgehead atoms. The van der Waals surface area contributed by atoms with E-state index >= 15 is 0 Å². The lowest BCUT2D eigenvalue weighted by Crippen LogP contribution is -2.33. The van der Waals surface area contributed by atoms with Crippen molar-refractivity contribution in [2.45, 2.75) is 32.2 Å². The van der Waals surface area contributed by atoms with Crippen molar-refractivity contribution in [3.8, 4) is 11.1 Å². The Bertz CT molecular complexity index is 1100. The molecule has 3 rings (SSSR count). The number of ether oxygens (including phenoxy) is 1. The Kier molecular flexibility index (Phi) is 9.91. The molecule has 2 aromatic carbocycles. The molecular weight excluding hydrogens is 472 g/mol. The van der Waals surface area contributed by atoms with Gasteiger partial charge in [-0.05, 0) is 74.8 Å². The molecule has 2 aromatic rings. The van der Waals surface area contributed by atoms with E-state index in [0.717, 1.165) is 54.7 Å². The zero-order valence-electron chi connectivity index (χ0n) is 22.2. The van der Waals surface area contributed by atoms with Gasteiger partial charge in [-0.1, -0.05) is 24.3 Å². The van der Waals surface area contributed by atoms with Crippen LogP contribution < -0.4 is 10.2 Å². The van der Waals surface area contributed by atoms with E-state index in [4.69, 9.17) is 9.84 Å². The molecule has 200 valence electrons. The molecule has 37 heavy (non-hydrogen) atoms. The number of hydrogen-bond donors (Lipinski definition) is 2. The average molecular weight is 511 g/mol. The summed E-state index contributed by atoms with van der Waals surface area (Å²) in [5.41, 5.74) is 4.30. The van der Waals surface area contributed by atoms with Crippen LogP contribution in [-0.2, 0) is 20.9 Å². The molecule has 0 atom stereocenters. The maximum atomic E-state index is 12.7. The molecule has 9 nitrogen and oxygen atoms in total. The second kappa shape index (κ2) is 13.1. The molecule has 2 amide bonds. The van der Waals surface area contributed by atoms with Gasteiger partial charge < -0.3 is 24.5 Å². The summed E-state index contributed by atoms with van der Waals surface area (Å²) in [6, 6.07) is 13.8. The number of anilines is 2. The highest BCUT2D eigenvalue weighted by Crippen LogP contribution is 2.33. The lowest BCUT2D eigenvalue weighted by atomic mass is 10.0. The van der Waals surface area contributed by atoms with Crippen LogP contribution >= 0.6 is 0 Å². The monoisotopic (exact) mass is 510 g/mol. The molecule has 0 radical (unpaired) electrons. The van der Waals surface area contributed by atoms with E-state index in [1.807, 2.05) is 63.6 Å². The maximum absolute atomic E-state index is 12.7. The van der Waals surface area contributed by atoms with Gasteiger partial charge in [0.1, 0.15) is 0 Å². The molecule has 1 aliphatic rings. The molecule has 0 spiro atoms. The standard InChI is InChI=1S/C28H38N4O5/c1-30(2)14-6-15-31(3)25-12-11-23(18-24(25)29-28(36)37-4)22-8-5-7-20(17-22)19-32(16-13-26(33)34)27(35)21-9-10-21/h5,7-8,11-12,17-18,21H,6,9-10,13-16,19H2,1-4H3,(H,29,36)(H,33,34). The van der Waals surface area contributed by atoms with Crippen molar-refractivity contribution in [3.05, 3.63) is 48.0 Å².